The molecule has 0 aromatic heterocycles. The highest BCUT2D eigenvalue weighted by molar-refractivity contribution is 9.10. The number of sulfone groups is 1. The van der Waals surface area contributed by atoms with E-state index in [-0.39, 0.29) is 24.0 Å². The number of rotatable bonds is 5. The van der Waals surface area contributed by atoms with Gasteiger partial charge in [-0.15, -0.1) is 0 Å². The zero-order valence-corrected chi connectivity index (χ0v) is 15.7. The van der Waals surface area contributed by atoms with Crippen LogP contribution in [-0.4, -0.2) is 31.9 Å². The smallest absolute Gasteiger partial charge is 0.182 e. The number of aliphatic hydroxyl groups excluding tert-OH is 1. The summed E-state index contributed by atoms with van der Waals surface area (Å²) in [4.78, 5) is 0.281. The average molecular weight is 410 g/mol. The van der Waals surface area contributed by atoms with Crippen molar-refractivity contribution in [2.24, 2.45) is 11.1 Å². The molecule has 1 saturated carbocycles. The summed E-state index contributed by atoms with van der Waals surface area (Å²) in [5, 5.41) is 9.21. The molecule has 0 bridgehead atoms. The quantitative estimate of drug-likeness (QED) is 0.794. The fourth-order valence-electron chi connectivity index (χ4n) is 3.49. The van der Waals surface area contributed by atoms with Gasteiger partial charge in [-0.25, -0.2) is 8.42 Å². The first-order valence-corrected chi connectivity index (χ1v) is 10.1. The lowest BCUT2D eigenvalue weighted by Gasteiger charge is -2.12. The molecule has 6 heteroatoms. The van der Waals surface area contributed by atoms with Crippen molar-refractivity contribution in [2.75, 3.05) is 13.2 Å². The standard InChI is InChI=1S/C18H20BrNO3S/c1-12-2-8-15(9-3-12)24(22,23)17-16(18(17,10-20)11-21)13-4-6-14(19)7-5-13/h2-9,16-17,21H,10-11,20H2,1H3/t16-,17-,18+/m0/s1. The summed E-state index contributed by atoms with van der Waals surface area (Å²) < 4.78 is 27.2. The van der Waals surface area contributed by atoms with Gasteiger partial charge in [0.2, 0.25) is 0 Å². The summed E-state index contributed by atoms with van der Waals surface area (Å²) in [5.74, 6) is -0.299. The molecule has 0 unspecified atom stereocenters. The van der Waals surface area contributed by atoms with Gasteiger partial charge in [-0.05, 0) is 36.8 Å². The van der Waals surface area contributed by atoms with Crippen LogP contribution in [0.25, 0.3) is 0 Å². The Bertz CT molecular complexity index is 828. The highest BCUT2D eigenvalue weighted by Gasteiger charge is 2.70. The second kappa shape index (κ2) is 6.26. The van der Waals surface area contributed by atoms with Crippen LogP contribution < -0.4 is 5.73 Å². The molecule has 2 aromatic rings. The van der Waals surface area contributed by atoms with Crippen LogP contribution >= 0.6 is 15.9 Å². The molecule has 0 aliphatic heterocycles. The van der Waals surface area contributed by atoms with Gasteiger partial charge >= 0.3 is 0 Å². The molecule has 0 saturated heterocycles. The molecule has 4 nitrogen and oxygen atoms in total. The van der Waals surface area contributed by atoms with E-state index in [1.165, 1.54) is 0 Å². The molecule has 1 fully saturated rings. The van der Waals surface area contributed by atoms with E-state index in [2.05, 4.69) is 15.9 Å². The Morgan fingerprint density at radius 1 is 1.12 bits per heavy atom. The van der Waals surface area contributed by atoms with E-state index in [1.807, 2.05) is 31.2 Å². The third-order valence-electron chi connectivity index (χ3n) is 4.97. The Labute approximate surface area is 150 Å². The van der Waals surface area contributed by atoms with Crippen molar-refractivity contribution in [3.05, 3.63) is 64.1 Å². The SMILES string of the molecule is Cc1ccc(S(=O)(=O)[C@H]2[C@H](c3ccc(Br)cc3)[C@@]2(CN)CO)cc1. The van der Waals surface area contributed by atoms with E-state index in [1.54, 1.807) is 24.3 Å². The maximum absolute atomic E-state index is 13.1. The van der Waals surface area contributed by atoms with Crippen LogP contribution in [0.1, 0.15) is 17.0 Å². The second-order valence-electron chi connectivity index (χ2n) is 6.40. The van der Waals surface area contributed by atoms with Crippen LogP contribution in [0.5, 0.6) is 0 Å². The minimum absolute atomic E-state index is 0.125. The summed E-state index contributed by atoms with van der Waals surface area (Å²) in [5.41, 5.74) is 6.96. The maximum atomic E-state index is 13.1. The zero-order valence-electron chi connectivity index (χ0n) is 13.3. The van der Waals surface area contributed by atoms with Crippen molar-refractivity contribution in [3.63, 3.8) is 0 Å². The lowest BCUT2D eigenvalue weighted by atomic mass is 10.0. The molecule has 0 spiro atoms. The lowest BCUT2D eigenvalue weighted by molar-refractivity contribution is 0.212. The molecule has 24 heavy (non-hydrogen) atoms. The van der Waals surface area contributed by atoms with E-state index in [9.17, 15) is 13.5 Å². The average Bonchev–Trinajstić information content (AvgIpc) is 3.26. The topological polar surface area (TPSA) is 80.4 Å². The van der Waals surface area contributed by atoms with Crippen molar-refractivity contribution in [2.45, 2.75) is 23.0 Å². The summed E-state index contributed by atoms with van der Waals surface area (Å²) >= 11 is 3.38. The largest absolute Gasteiger partial charge is 0.396 e. The lowest BCUT2D eigenvalue weighted by Crippen LogP contribution is -2.27. The fourth-order valence-corrected chi connectivity index (χ4v) is 6.21. The second-order valence-corrected chi connectivity index (χ2v) is 9.39. The predicted molar refractivity (Wildman–Crippen MR) is 97.6 cm³/mol. The number of benzene rings is 2. The van der Waals surface area contributed by atoms with Gasteiger partial charge < -0.3 is 10.8 Å². The van der Waals surface area contributed by atoms with Gasteiger partial charge in [0.1, 0.15) is 0 Å². The van der Waals surface area contributed by atoms with Gasteiger partial charge in [0.25, 0.3) is 0 Å². The molecule has 128 valence electrons. The molecule has 1 aliphatic carbocycles. The van der Waals surface area contributed by atoms with Crippen LogP contribution in [0.2, 0.25) is 0 Å². The van der Waals surface area contributed by atoms with Gasteiger partial charge in [0.05, 0.1) is 16.8 Å². The van der Waals surface area contributed by atoms with Crippen molar-refractivity contribution in [1.29, 1.82) is 0 Å². The Balaban J connectivity index is 2.04. The zero-order chi connectivity index (χ0) is 17.5. The summed E-state index contributed by atoms with van der Waals surface area (Å²) in [6, 6.07) is 14.4. The normalized spacial score (nSPS) is 26.3. The number of halogens is 1. The van der Waals surface area contributed by atoms with E-state index in [0.717, 1.165) is 15.6 Å². The highest BCUT2D eigenvalue weighted by atomic mass is 79.9. The summed E-state index contributed by atoms with van der Waals surface area (Å²) in [6.07, 6.45) is 0. The molecule has 3 rings (SSSR count). The summed E-state index contributed by atoms with van der Waals surface area (Å²) in [7, 11) is -3.57. The van der Waals surface area contributed by atoms with Crippen LogP contribution in [0.15, 0.2) is 57.9 Å². The molecule has 0 radical (unpaired) electrons. The Morgan fingerprint density at radius 3 is 2.21 bits per heavy atom. The predicted octanol–water partition coefficient (Wildman–Crippen LogP) is 2.63. The third kappa shape index (κ3) is 2.71. The molecule has 2 aromatic carbocycles. The first-order valence-electron chi connectivity index (χ1n) is 7.74. The van der Waals surface area contributed by atoms with Gasteiger partial charge in [0.15, 0.2) is 9.84 Å². The first-order chi connectivity index (χ1) is 11.4. The van der Waals surface area contributed by atoms with Gasteiger partial charge in [-0.3, -0.25) is 0 Å². The first kappa shape index (κ1) is 17.6. The number of aliphatic hydroxyl groups is 1. The third-order valence-corrected chi connectivity index (χ3v) is 7.84. The van der Waals surface area contributed by atoms with E-state index >= 15 is 0 Å². The number of aryl methyl sites for hydroxylation is 1. The Kier molecular flexibility index (Phi) is 4.59. The van der Waals surface area contributed by atoms with Crippen LogP contribution in [0, 0.1) is 12.3 Å². The van der Waals surface area contributed by atoms with Gasteiger partial charge in [-0.2, -0.15) is 0 Å². The van der Waals surface area contributed by atoms with Crippen molar-refractivity contribution < 1.29 is 13.5 Å². The van der Waals surface area contributed by atoms with E-state index in [0.29, 0.717) is 0 Å². The Hall–Kier alpha value is -1.21. The van der Waals surface area contributed by atoms with Crippen molar-refractivity contribution in [1.82, 2.24) is 0 Å². The molecule has 0 amide bonds. The minimum atomic E-state index is -3.57. The van der Waals surface area contributed by atoms with Gasteiger partial charge in [-0.1, -0.05) is 45.8 Å². The maximum Gasteiger partial charge on any atom is 0.182 e. The van der Waals surface area contributed by atoms with Gasteiger partial charge in [0, 0.05) is 22.4 Å². The monoisotopic (exact) mass is 409 g/mol. The van der Waals surface area contributed by atoms with Crippen LogP contribution in [0.3, 0.4) is 0 Å². The van der Waals surface area contributed by atoms with Crippen LogP contribution in [0.4, 0.5) is 0 Å². The van der Waals surface area contributed by atoms with E-state index in [4.69, 9.17) is 5.73 Å². The summed E-state index contributed by atoms with van der Waals surface area (Å²) in [6.45, 7) is 1.79. The molecular formula is C18H20BrNO3S. The molecule has 3 atom stereocenters. The molecule has 3 N–H and O–H groups in total. The fraction of sp³-hybridized carbons (Fsp3) is 0.333. The molecular weight excluding hydrogens is 390 g/mol. The number of nitrogens with two attached hydrogens (primary N) is 1. The number of hydrogen-bond acceptors (Lipinski definition) is 4. The Morgan fingerprint density at radius 2 is 1.71 bits per heavy atom. The molecule has 0 heterocycles. The minimum Gasteiger partial charge on any atom is -0.396 e. The van der Waals surface area contributed by atoms with Crippen LogP contribution in [-0.2, 0) is 9.84 Å². The van der Waals surface area contributed by atoms with E-state index < -0.39 is 20.5 Å². The molecule has 1 aliphatic rings. The number of hydrogen-bond donors (Lipinski definition) is 2. The van der Waals surface area contributed by atoms with Crippen molar-refractivity contribution >= 4 is 25.8 Å². The highest BCUT2D eigenvalue weighted by Crippen LogP contribution is 2.63. The van der Waals surface area contributed by atoms with Crippen molar-refractivity contribution in [3.8, 4) is 0 Å².